The summed E-state index contributed by atoms with van der Waals surface area (Å²) >= 11 is 5.69. The molecule has 2 heteroatoms. The lowest BCUT2D eigenvalue weighted by molar-refractivity contribution is 0.999. The predicted octanol–water partition coefficient (Wildman–Crippen LogP) is 1.62. The molecule has 1 heterocycles. The summed E-state index contributed by atoms with van der Waals surface area (Å²) in [4.78, 5) is 4.11. The Morgan fingerprint density at radius 1 is 1.88 bits per heavy atom. The summed E-state index contributed by atoms with van der Waals surface area (Å²) in [5, 5.41) is 0.124. The van der Waals surface area contributed by atoms with Crippen molar-refractivity contribution in [1.29, 1.82) is 0 Å². The molecule has 0 aromatic heterocycles. The zero-order valence-electron chi connectivity index (χ0n) is 4.76. The topological polar surface area (TPSA) is 12.4 Å². The van der Waals surface area contributed by atoms with Gasteiger partial charge in [0.15, 0.2) is 0 Å². The van der Waals surface area contributed by atoms with Crippen molar-refractivity contribution in [2.45, 2.75) is 12.3 Å². The molecule has 0 saturated heterocycles. The third kappa shape index (κ3) is 1.34. The summed E-state index contributed by atoms with van der Waals surface area (Å²) in [6.45, 7) is 2.71. The molecule has 8 heavy (non-hydrogen) atoms. The predicted molar refractivity (Wildman–Crippen MR) is 36.8 cm³/mol. The van der Waals surface area contributed by atoms with Crippen molar-refractivity contribution >= 4 is 17.3 Å². The van der Waals surface area contributed by atoms with Crippen molar-refractivity contribution < 1.29 is 0 Å². The largest absolute Gasteiger partial charge is 0.288 e. The third-order valence-corrected chi connectivity index (χ3v) is 1.34. The van der Waals surface area contributed by atoms with Crippen LogP contribution < -0.4 is 0 Å². The maximum Gasteiger partial charge on any atom is 0.0715 e. The van der Waals surface area contributed by atoms with Crippen LogP contribution in [0.5, 0.6) is 0 Å². The lowest BCUT2D eigenvalue weighted by Crippen LogP contribution is -2.06. The van der Waals surface area contributed by atoms with Crippen molar-refractivity contribution in [3.05, 3.63) is 12.2 Å². The Morgan fingerprint density at radius 3 is 3.00 bits per heavy atom. The second kappa shape index (κ2) is 2.31. The van der Waals surface area contributed by atoms with Gasteiger partial charge in [0.05, 0.1) is 11.9 Å². The summed E-state index contributed by atoms with van der Waals surface area (Å²) < 4.78 is 0. The summed E-state index contributed by atoms with van der Waals surface area (Å²) in [7, 11) is 0. The number of dihydropyridines is 1. The van der Waals surface area contributed by atoms with Gasteiger partial charge in [-0.15, -0.1) is 11.6 Å². The Kier molecular flexibility index (Phi) is 1.69. The van der Waals surface area contributed by atoms with Crippen LogP contribution >= 0.6 is 11.6 Å². The summed E-state index contributed by atoms with van der Waals surface area (Å²) in [6.07, 6.45) is 3.91. The number of hydrogen-bond donors (Lipinski definition) is 0. The summed E-state index contributed by atoms with van der Waals surface area (Å²) in [6, 6.07) is 0. The van der Waals surface area contributed by atoms with E-state index in [2.05, 4.69) is 4.99 Å². The van der Waals surface area contributed by atoms with Crippen LogP contribution in [0, 0.1) is 0 Å². The van der Waals surface area contributed by atoms with E-state index in [1.165, 1.54) is 0 Å². The van der Waals surface area contributed by atoms with Crippen molar-refractivity contribution in [3.63, 3.8) is 0 Å². The van der Waals surface area contributed by atoms with E-state index < -0.39 is 0 Å². The van der Waals surface area contributed by atoms with E-state index in [0.717, 1.165) is 12.3 Å². The molecule has 44 valence electrons. The van der Waals surface area contributed by atoms with Crippen LogP contribution in [-0.4, -0.2) is 17.6 Å². The monoisotopic (exact) mass is 129 g/mol. The molecule has 1 aliphatic rings. The maximum atomic E-state index is 5.69. The normalized spacial score (nSPS) is 27.8. The molecule has 0 radical (unpaired) electrons. The third-order valence-electron chi connectivity index (χ3n) is 1.06. The Balaban J connectivity index is 2.58. The van der Waals surface area contributed by atoms with E-state index in [1.54, 1.807) is 0 Å². The van der Waals surface area contributed by atoms with Gasteiger partial charge in [-0.1, -0.05) is 6.08 Å². The second-order valence-electron chi connectivity index (χ2n) is 1.86. The number of halogens is 1. The number of alkyl halides is 1. The van der Waals surface area contributed by atoms with Crippen molar-refractivity contribution in [2.24, 2.45) is 4.99 Å². The lowest BCUT2D eigenvalue weighted by Gasteiger charge is -2.04. The summed E-state index contributed by atoms with van der Waals surface area (Å²) in [5.74, 6) is 0. The van der Waals surface area contributed by atoms with E-state index in [1.807, 2.05) is 19.1 Å². The molecular weight excluding hydrogens is 122 g/mol. The van der Waals surface area contributed by atoms with E-state index in [9.17, 15) is 0 Å². The van der Waals surface area contributed by atoms with Crippen LogP contribution in [0.4, 0.5) is 0 Å². The molecule has 0 N–H and O–H groups in total. The van der Waals surface area contributed by atoms with Gasteiger partial charge >= 0.3 is 0 Å². The van der Waals surface area contributed by atoms with Gasteiger partial charge in [0, 0.05) is 5.71 Å². The standard InChI is InChI=1S/C6H8ClN/c1-5-2-3-6(7)4-8-5/h2-3,6H,4H2,1H3. The maximum absolute atomic E-state index is 5.69. The molecule has 0 amide bonds. The SMILES string of the molecule is CC1=NCC(Cl)C=C1. The minimum atomic E-state index is 0.124. The molecule has 1 nitrogen and oxygen atoms in total. The van der Waals surface area contributed by atoms with Gasteiger partial charge in [0.1, 0.15) is 0 Å². The van der Waals surface area contributed by atoms with Gasteiger partial charge in [0.2, 0.25) is 0 Å². The zero-order valence-corrected chi connectivity index (χ0v) is 5.52. The first kappa shape index (κ1) is 5.83. The number of nitrogens with zero attached hydrogens (tertiary/aromatic N) is 1. The number of aliphatic imine (C=N–C) groups is 1. The van der Waals surface area contributed by atoms with Crippen LogP contribution in [0.15, 0.2) is 17.1 Å². The summed E-state index contributed by atoms with van der Waals surface area (Å²) in [5.41, 5.74) is 1.07. The Labute approximate surface area is 54.1 Å². The van der Waals surface area contributed by atoms with E-state index >= 15 is 0 Å². The fraction of sp³-hybridized carbons (Fsp3) is 0.500. The number of allylic oxidation sites excluding steroid dienone is 1. The Hall–Kier alpha value is -0.300. The first-order chi connectivity index (χ1) is 3.79. The Morgan fingerprint density at radius 2 is 2.62 bits per heavy atom. The van der Waals surface area contributed by atoms with E-state index in [0.29, 0.717) is 0 Å². The molecule has 1 rings (SSSR count). The molecule has 0 spiro atoms. The highest BCUT2D eigenvalue weighted by molar-refractivity contribution is 6.22. The van der Waals surface area contributed by atoms with Gasteiger partial charge < -0.3 is 0 Å². The zero-order chi connectivity index (χ0) is 5.98. The van der Waals surface area contributed by atoms with E-state index in [4.69, 9.17) is 11.6 Å². The molecule has 0 bridgehead atoms. The van der Waals surface area contributed by atoms with Crippen molar-refractivity contribution in [2.75, 3.05) is 6.54 Å². The van der Waals surface area contributed by atoms with Crippen LogP contribution in [0.3, 0.4) is 0 Å². The van der Waals surface area contributed by atoms with Crippen LogP contribution in [0.1, 0.15) is 6.92 Å². The highest BCUT2D eigenvalue weighted by Crippen LogP contribution is 2.03. The molecule has 1 aliphatic heterocycles. The minimum absolute atomic E-state index is 0.124. The first-order valence-electron chi connectivity index (χ1n) is 2.62. The van der Waals surface area contributed by atoms with Crippen molar-refractivity contribution in [3.8, 4) is 0 Å². The molecule has 1 atom stereocenters. The fourth-order valence-electron chi connectivity index (χ4n) is 0.588. The van der Waals surface area contributed by atoms with Gasteiger partial charge in [-0.2, -0.15) is 0 Å². The lowest BCUT2D eigenvalue weighted by atomic mass is 10.2. The molecule has 0 aromatic carbocycles. The van der Waals surface area contributed by atoms with Crippen LogP contribution in [0.25, 0.3) is 0 Å². The van der Waals surface area contributed by atoms with Crippen molar-refractivity contribution in [1.82, 2.24) is 0 Å². The van der Waals surface area contributed by atoms with E-state index in [-0.39, 0.29) is 5.38 Å². The number of rotatable bonds is 0. The second-order valence-corrected chi connectivity index (χ2v) is 2.42. The van der Waals surface area contributed by atoms with Gasteiger partial charge in [-0.25, -0.2) is 0 Å². The smallest absolute Gasteiger partial charge is 0.0715 e. The van der Waals surface area contributed by atoms with Crippen LogP contribution in [-0.2, 0) is 0 Å². The minimum Gasteiger partial charge on any atom is -0.288 e. The molecule has 0 saturated carbocycles. The quantitative estimate of drug-likeness (QED) is 0.441. The Bertz CT molecular complexity index is 137. The molecule has 0 aromatic rings. The average molecular weight is 130 g/mol. The molecule has 1 unspecified atom stereocenters. The highest BCUT2D eigenvalue weighted by atomic mass is 35.5. The van der Waals surface area contributed by atoms with Crippen LogP contribution in [0.2, 0.25) is 0 Å². The van der Waals surface area contributed by atoms with Gasteiger partial charge in [0.25, 0.3) is 0 Å². The average Bonchev–Trinajstić information content (AvgIpc) is 1.77. The molecule has 0 fully saturated rings. The highest BCUT2D eigenvalue weighted by Gasteiger charge is 2.01. The van der Waals surface area contributed by atoms with Gasteiger partial charge in [-0.05, 0) is 13.0 Å². The molecular formula is C6H8ClN. The first-order valence-corrected chi connectivity index (χ1v) is 3.06. The number of hydrogen-bond acceptors (Lipinski definition) is 1. The fourth-order valence-corrected chi connectivity index (χ4v) is 0.730. The molecule has 0 aliphatic carbocycles. The van der Waals surface area contributed by atoms with Gasteiger partial charge in [-0.3, -0.25) is 4.99 Å².